The van der Waals surface area contributed by atoms with Gasteiger partial charge in [-0.15, -0.1) is 6.58 Å². The van der Waals surface area contributed by atoms with Crippen molar-refractivity contribution < 1.29 is 38.1 Å². The first-order valence-electron chi connectivity index (χ1n) is 18.7. The number of pyridine rings is 1. The van der Waals surface area contributed by atoms with E-state index in [1.54, 1.807) is 40.9 Å². The van der Waals surface area contributed by atoms with Crippen LogP contribution in [0.15, 0.2) is 67.3 Å². The molecular formula is C41H53N5O8. The topological polar surface area (TPSA) is 149 Å². The molecule has 3 aromatic rings. The van der Waals surface area contributed by atoms with Crippen molar-refractivity contribution in [3.63, 3.8) is 0 Å². The molecule has 2 unspecified atom stereocenters. The van der Waals surface area contributed by atoms with E-state index in [4.69, 9.17) is 23.9 Å². The smallest absolute Gasteiger partial charge is 0.426 e. The van der Waals surface area contributed by atoms with E-state index in [2.05, 4.69) is 24.2 Å². The highest BCUT2D eigenvalue weighted by atomic mass is 16.6. The Kier molecular flexibility index (Phi) is 12.7. The lowest BCUT2D eigenvalue weighted by molar-refractivity contribution is -0.149. The minimum Gasteiger partial charge on any atom is -0.497 e. The van der Waals surface area contributed by atoms with Crippen molar-refractivity contribution >= 4 is 34.9 Å². The SMILES string of the molecule is C=CC1CC1(NC(=O)[C@@H]1C[C@@H](Oc2cc(-c3ccccc3)nc3cc(OC)ccc23)CN1C(=O)N(CCCCCC)NC(=O)OC(C)(C)C)C(=O)OCC. The number of nitrogens with zero attached hydrogens (tertiary/aromatic N) is 3. The third-order valence-corrected chi connectivity index (χ3v) is 9.53. The van der Waals surface area contributed by atoms with Crippen molar-refractivity contribution in [2.75, 3.05) is 26.8 Å². The molecule has 0 bridgehead atoms. The van der Waals surface area contributed by atoms with Gasteiger partial charge in [0.2, 0.25) is 5.91 Å². The Morgan fingerprint density at radius 2 is 1.81 bits per heavy atom. The molecule has 1 aromatic heterocycles. The number of methoxy groups -OCH3 is 1. The fourth-order valence-corrected chi connectivity index (χ4v) is 6.71. The van der Waals surface area contributed by atoms with Crippen LogP contribution in [0, 0.1) is 5.92 Å². The van der Waals surface area contributed by atoms with Crippen molar-refractivity contribution in [2.45, 2.75) is 96.4 Å². The normalized spacial score (nSPS) is 20.5. The summed E-state index contributed by atoms with van der Waals surface area (Å²) in [5.74, 6) is -0.267. The molecular weight excluding hydrogens is 690 g/mol. The molecule has 2 heterocycles. The number of aromatic nitrogens is 1. The van der Waals surface area contributed by atoms with Crippen molar-refractivity contribution in [1.82, 2.24) is 25.6 Å². The van der Waals surface area contributed by atoms with Gasteiger partial charge in [-0.05, 0) is 52.7 Å². The average molecular weight is 744 g/mol. The number of benzene rings is 2. The Labute approximate surface area is 317 Å². The minimum atomic E-state index is -1.28. The predicted molar refractivity (Wildman–Crippen MR) is 205 cm³/mol. The van der Waals surface area contributed by atoms with Crippen molar-refractivity contribution in [1.29, 1.82) is 0 Å². The monoisotopic (exact) mass is 743 g/mol. The summed E-state index contributed by atoms with van der Waals surface area (Å²) in [5.41, 5.74) is 2.74. The second kappa shape index (κ2) is 17.2. The van der Waals surface area contributed by atoms with Crippen LogP contribution < -0.4 is 20.2 Å². The molecule has 5 rings (SSSR count). The van der Waals surface area contributed by atoms with Gasteiger partial charge in [-0.3, -0.25) is 4.79 Å². The van der Waals surface area contributed by atoms with Gasteiger partial charge in [0, 0.05) is 42.0 Å². The molecule has 1 saturated carbocycles. The summed E-state index contributed by atoms with van der Waals surface area (Å²) in [7, 11) is 1.59. The summed E-state index contributed by atoms with van der Waals surface area (Å²) in [6.07, 6.45) is 4.00. The van der Waals surface area contributed by atoms with Crippen LogP contribution in [-0.4, -0.2) is 89.0 Å². The lowest BCUT2D eigenvalue weighted by atomic mass is 10.1. The Morgan fingerprint density at radius 1 is 1.06 bits per heavy atom. The van der Waals surface area contributed by atoms with E-state index in [0.29, 0.717) is 35.6 Å². The summed E-state index contributed by atoms with van der Waals surface area (Å²) in [4.78, 5) is 61.2. The van der Waals surface area contributed by atoms with Crippen LogP contribution in [0.2, 0.25) is 0 Å². The molecule has 1 aliphatic heterocycles. The maximum absolute atomic E-state index is 14.5. The standard InChI is InChI=1S/C41H53N5O8/c1-8-11-12-16-21-46(44-38(49)54-40(4,5)6)39(50)45-26-30(23-34(45)36(47)43-41(25-28(41)9-2)37(48)52-10-3)53-35-24-32(27-17-14-13-15-18-27)42-33-22-29(51-7)19-20-31(33)35/h9,13-15,17-20,22,24,28,30,34H,2,8,10-12,16,21,23,25-26H2,1,3-7H3,(H,43,47)(H,44,49)/t28?,30-,34+,41?/m1/s1. The Hall–Kier alpha value is -5.33. The number of hydrogen-bond donors (Lipinski definition) is 2. The number of amides is 4. The Balaban J connectivity index is 1.49. The lowest BCUT2D eigenvalue weighted by Gasteiger charge is -2.32. The van der Waals surface area contributed by atoms with E-state index in [0.717, 1.165) is 30.2 Å². The number of rotatable bonds is 14. The zero-order valence-corrected chi connectivity index (χ0v) is 32.2. The number of unbranched alkanes of at least 4 members (excludes halogenated alkanes) is 3. The second-order valence-corrected chi connectivity index (χ2v) is 14.7. The molecule has 4 atom stereocenters. The number of hydrogen-bond acceptors (Lipinski definition) is 9. The number of fused-ring (bicyclic) bond motifs is 1. The van der Waals surface area contributed by atoms with Crippen molar-refractivity contribution in [2.24, 2.45) is 5.92 Å². The number of carbonyl (C=O) groups excluding carboxylic acids is 4. The van der Waals surface area contributed by atoms with Crippen LogP contribution in [0.25, 0.3) is 22.2 Å². The molecule has 0 radical (unpaired) electrons. The number of nitrogens with one attached hydrogen (secondary N) is 2. The zero-order chi connectivity index (χ0) is 39.0. The minimum absolute atomic E-state index is 0.0102. The predicted octanol–water partition coefficient (Wildman–Crippen LogP) is 6.80. The van der Waals surface area contributed by atoms with Crippen LogP contribution in [-0.2, 0) is 19.1 Å². The van der Waals surface area contributed by atoms with Gasteiger partial charge >= 0.3 is 18.1 Å². The fraction of sp³-hybridized carbons (Fsp3) is 0.488. The van der Waals surface area contributed by atoms with Crippen LogP contribution in [0.4, 0.5) is 9.59 Å². The number of urea groups is 1. The highest BCUT2D eigenvalue weighted by Gasteiger charge is 2.62. The van der Waals surface area contributed by atoms with Gasteiger partial charge in [-0.2, -0.15) is 0 Å². The molecule has 13 nitrogen and oxygen atoms in total. The number of esters is 1. The second-order valence-electron chi connectivity index (χ2n) is 14.7. The van der Waals surface area contributed by atoms with Crippen LogP contribution in [0.1, 0.15) is 73.1 Å². The van der Waals surface area contributed by atoms with Gasteiger partial charge in [0.25, 0.3) is 0 Å². The summed E-state index contributed by atoms with van der Waals surface area (Å²) < 4.78 is 23.0. The van der Waals surface area contributed by atoms with E-state index in [9.17, 15) is 19.2 Å². The van der Waals surface area contributed by atoms with Gasteiger partial charge in [0.15, 0.2) is 0 Å². The van der Waals surface area contributed by atoms with E-state index < -0.39 is 47.3 Å². The number of hydrazine groups is 1. The molecule has 1 saturated heterocycles. The van der Waals surface area contributed by atoms with Gasteiger partial charge in [-0.25, -0.2) is 29.8 Å². The highest BCUT2D eigenvalue weighted by molar-refractivity contribution is 5.95. The van der Waals surface area contributed by atoms with Crippen LogP contribution >= 0.6 is 0 Å². The largest absolute Gasteiger partial charge is 0.497 e. The average Bonchev–Trinajstić information content (AvgIpc) is 3.70. The first-order chi connectivity index (χ1) is 25.8. The van der Waals surface area contributed by atoms with Crippen LogP contribution in [0.5, 0.6) is 11.5 Å². The van der Waals surface area contributed by atoms with Gasteiger partial charge in [-0.1, -0.05) is 62.6 Å². The summed E-state index contributed by atoms with van der Waals surface area (Å²) in [6.45, 7) is 13.2. The highest BCUT2D eigenvalue weighted by Crippen LogP contribution is 2.46. The van der Waals surface area contributed by atoms with E-state index in [-0.39, 0.29) is 32.0 Å². The summed E-state index contributed by atoms with van der Waals surface area (Å²) in [5, 5.41) is 4.85. The van der Waals surface area contributed by atoms with E-state index in [1.165, 1.54) is 9.91 Å². The van der Waals surface area contributed by atoms with E-state index >= 15 is 0 Å². The molecule has 0 spiro atoms. The first kappa shape index (κ1) is 39.9. The van der Waals surface area contributed by atoms with Crippen molar-refractivity contribution in [3.8, 4) is 22.8 Å². The quantitative estimate of drug-likeness (QED) is 0.0788. The van der Waals surface area contributed by atoms with Gasteiger partial charge < -0.3 is 29.2 Å². The molecule has 2 aliphatic rings. The lowest BCUT2D eigenvalue weighted by Crippen LogP contribution is -2.58. The third kappa shape index (κ3) is 9.42. The molecule has 54 heavy (non-hydrogen) atoms. The first-order valence-corrected chi connectivity index (χ1v) is 18.7. The number of carbonyl (C=O) groups is 4. The maximum Gasteiger partial charge on any atom is 0.426 e. The number of likely N-dealkylation sites (tertiary alicyclic amines) is 1. The summed E-state index contributed by atoms with van der Waals surface area (Å²) in [6, 6.07) is 15.4. The number of ether oxygens (including phenoxy) is 4. The molecule has 1 aliphatic carbocycles. The van der Waals surface area contributed by atoms with Crippen molar-refractivity contribution in [3.05, 3.63) is 67.3 Å². The van der Waals surface area contributed by atoms with Crippen LogP contribution in [0.3, 0.4) is 0 Å². The molecule has 4 amide bonds. The Bertz CT molecular complexity index is 1830. The zero-order valence-electron chi connectivity index (χ0n) is 32.2. The molecule has 2 N–H and O–H groups in total. The molecule has 2 fully saturated rings. The Morgan fingerprint density at radius 3 is 2.46 bits per heavy atom. The maximum atomic E-state index is 14.5. The molecule has 2 aromatic carbocycles. The molecule has 290 valence electrons. The summed E-state index contributed by atoms with van der Waals surface area (Å²) >= 11 is 0. The molecule has 13 heteroatoms. The third-order valence-electron chi connectivity index (χ3n) is 9.53. The fourth-order valence-electron chi connectivity index (χ4n) is 6.71. The van der Waals surface area contributed by atoms with Gasteiger partial charge in [0.1, 0.15) is 34.8 Å². The van der Waals surface area contributed by atoms with E-state index in [1.807, 2.05) is 54.6 Å². The van der Waals surface area contributed by atoms with Gasteiger partial charge in [0.05, 0.1) is 31.5 Å².